The van der Waals surface area contributed by atoms with Crippen LogP contribution in [-0.4, -0.2) is 24.2 Å². The normalized spacial score (nSPS) is 11.5. The maximum absolute atomic E-state index is 11.4. The number of hydrogen-bond acceptors (Lipinski definition) is 3. The molecule has 1 aromatic rings. The van der Waals surface area contributed by atoms with Crippen molar-refractivity contribution in [1.29, 1.82) is 0 Å². The van der Waals surface area contributed by atoms with E-state index in [1.54, 1.807) is 11.8 Å². The van der Waals surface area contributed by atoms with Gasteiger partial charge in [0.2, 0.25) is 5.91 Å². The minimum Gasteiger partial charge on any atom is -0.352 e. The summed E-state index contributed by atoms with van der Waals surface area (Å²) in [7, 11) is 0. The summed E-state index contributed by atoms with van der Waals surface area (Å²) in [4.78, 5) is 11.4. The number of hydrogen-bond donors (Lipinski definition) is 2. The Morgan fingerprint density at radius 3 is 2.61 bits per heavy atom. The van der Waals surface area contributed by atoms with Crippen molar-refractivity contribution in [1.82, 2.24) is 5.32 Å². The van der Waals surface area contributed by atoms with E-state index in [0.29, 0.717) is 12.3 Å². The predicted molar refractivity (Wildman–Crippen MR) is 81.5 cm³/mol. The van der Waals surface area contributed by atoms with Crippen LogP contribution in [0.1, 0.15) is 12.5 Å². The number of nitrogens with two attached hydrogens (primary N) is 1. The molecule has 0 fully saturated rings. The maximum Gasteiger partial charge on any atom is 0.230 e. The van der Waals surface area contributed by atoms with Gasteiger partial charge in [0, 0.05) is 23.4 Å². The highest BCUT2D eigenvalue weighted by atomic mass is 35.5. The first kappa shape index (κ1) is 17.6. The van der Waals surface area contributed by atoms with Crippen molar-refractivity contribution in [3.63, 3.8) is 0 Å². The molecule has 0 aliphatic carbocycles. The molecule has 0 saturated heterocycles. The number of amides is 1. The van der Waals surface area contributed by atoms with E-state index in [4.69, 9.17) is 17.3 Å². The van der Waals surface area contributed by atoms with E-state index < -0.39 is 0 Å². The number of rotatable bonds is 6. The summed E-state index contributed by atoms with van der Waals surface area (Å²) in [5.74, 6) is 1.29. The van der Waals surface area contributed by atoms with E-state index in [0.717, 1.165) is 10.8 Å². The molecule has 0 aliphatic rings. The molecule has 18 heavy (non-hydrogen) atoms. The number of carbonyl (C=O) groups excluding carboxylic acids is 1. The van der Waals surface area contributed by atoms with Crippen LogP contribution in [0.4, 0.5) is 0 Å². The van der Waals surface area contributed by atoms with Crippen LogP contribution in [0.15, 0.2) is 24.3 Å². The minimum atomic E-state index is 0. The summed E-state index contributed by atoms with van der Waals surface area (Å²) >= 11 is 7.36. The smallest absolute Gasteiger partial charge is 0.230 e. The van der Waals surface area contributed by atoms with E-state index in [2.05, 4.69) is 5.32 Å². The highest BCUT2D eigenvalue weighted by molar-refractivity contribution is 7.99. The van der Waals surface area contributed by atoms with Gasteiger partial charge in [-0.3, -0.25) is 4.79 Å². The fourth-order valence-corrected chi connectivity index (χ4v) is 2.14. The van der Waals surface area contributed by atoms with E-state index in [9.17, 15) is 4.79 Å². The number of benzene rings is 1. The lowest BCUT2D eigenvalue weighted by Crippen LogP contribution is -2.38. The van der Waals surface area contributed by atoms with Gasteiger partial charge in [-0.05, 0) is 24.6 Å². The van der Waals surface area contributed by atoms with Gasteiger partial charge in [0.25, 0.3) is 0 Å². The monoisotopic (exact) mass is 308 g/mol. The van der Waals surface area contributed by atoms with Crippen molar-refractivity contribution in [2.24, 2.45) is 5.73 Å². The van der Waals surface area contributed by atoms with Crippen LogP contribution in [0.25, 0.3) is 0 Å². The molecule has 102 valence electrons. The van der Waals surface area contributed by atoms with Gasteiger partial charge in [-0.15, -0.1) is 24.2 Å². The zero-order chi connectivity index (χ0) is 12.7. The van der Waals surface area contributed by atoms with E-state index in [1.807, 2.05) is 31.2 Å². The third-order valence-electron chi connectivity index (χ3n) is 2.18. The van der Waals surface area contributed by atoms with Gasteiger partial charge < -0.3 is 11.1 Å². The second-order valence-corrected chi connectivity index (χ2v) is 5.25. The average Bonchev–Trinajstić information content (AvgIpc) is 2.31. The van der Waals surface area contributed by atoms with Crippen LogP contribution in [0.5, 0.6) is 0 Å². The van der Waals surface area contributed by atoms with Crippen LogP contribution in [0.3, 0.4) is 0 Å². The molecule has 0 unspecified atom stereocenters. The lowest BCUT2D eigenvalue weighted by Gasteiger charge is -2.10. The molecule has 0 heterocycles. The Hall–Kier alpha value is -0.420. The Morgan fingerprint density at radius 1 is 1.44 bits per heavy atom. The van der Waals surface area contributed by atoms with Gasteiger partial charge in [0.1, 0.15) is 0 Å². The van der Waals surface area contributed by atoms with Crippen LogP contribution in [0.2, 0.25) is 5.02 Å². The zero-order valence-corrected chi connectivity index (χ0v) is 12.6. The fraction of sp³-hybridized carbons (Fsp3) is 0.417. The summed E-state index contributed by atoms with van der Waals surface area (Å²) < 4.78 is 0. The molecular weight excluding hydrogens is 291 g/mol. The number of halogens is 2. The molecule has 1 aromatic carbocycles. The van der Waals surface area contributed by atoms with Crippen LogP contribution >= 0.6 is 35.8 Å². The highest BCUT2D eigenvalue weighted by Gasteiger charge is 2.05. The first-order valence-electron chi connectivity index (χ1n) is 5.43. The van der Waals surface area contributed by atoms with Crippen LogP contribution < -0.4 is 11.1 Å². The Morgan fingerprint density at radius 2 is 2.06 bits per heavy atom. The van der Waals surface area contributed by atoms with Gasteiger partial charge in [0.15, 0.2) is 0 Å². The third-order valence-corrected chi connectivity index (χ3v) is 3.43. The minimum absolute atomic E-state index is 0. The van der Waals surface area contributed by atoms with E-state index in [1.165, 1.54) is 5.56 Å². The van der Waals surface area contributed by atoms with E-state index >= 15 is 0 Å². The summed E-state index contributed by atoms with van der Waals surface area (Å²) in [6.45, 7) is 2.36. The van der Waals surface area contributed by atoms with Crippen molar-refractivity contribution < 1.29 is 4.79 Å². The van der Waals surface area contributed by atoms with Gasteiger partial charge in [0.05, 0.1) is 5.75 Å². The van der Waals surface area contributed by atoms with Crippen molar-refractivity contribution in [2.45, 2.75) is 18.7 Å². The molecule has 0 aromatic heterocycles. The molecule has 0 aliphatic heterocycles. The molecule has 3 nitrogen and oxygen atoms in total. The molecule has 0 saturated carbocycles. The fourth-order valence-electron chi connectivity index (χ4n) is 1.22. The van der Waals surface area contributed by atoms with Crippen LogP contribution in [-0.2, 0) is 10.5 Å². The topological polar surface area (TPSA) is 55.1 Å². The quantitative estimate of drug-likeness (QED) is 0.849. The standard InChI is InChI=1S/C12H17ClN2OS.ClH/c1-9(6-14)15-12(16)8-17-7-10-2-4-11(13)5-3-10;/h2-5,9H,6-8,14H2,1H3,(H,15,16);1H/t9-;/m0./s1. The zero-order valence-electron chi connectivity index (χ0n) is 10.2. The van der Waals surface area contributed by atoms with Gasteiger partial charge in [-0.25, -0.2) is 0 Å². The van der Waals surface area contributed by atoms with E-state index in [-0.39, 0.29) is 24.4 Å². The molecule has 0 radical (unpaired) electrons. The van der Waals surface area contributed by atoms with Gasteiger partial charge >= 0.3 is 0 Å². The second-order valence-electron chi connectivity index (χ2n) is 3.82. The predicted octanol–water partition coefficient (Wildman–Crippen LogP) is 2.46. The molecule has 1 amide bonds. The number of carbonyl (C=O) groups is 1. The molecule has 6 heteroatoms. The summed E-state index contributed by atoms with van der Waals surface area (Å²) in [5, 5.41) is 3.55. The first-order chi connectivity index (χ1) is 8.11. The second kappa shape index (κ2) is 9.50. The largest absolute Gasteiger partial charge is 0.352 e. The highest BCUT2D eigenvalue weighted by Crippen LogP contribution is 2.15. The van der Waals surface area contributed by atoms with Crippen molar-refractivity contribution >= 4 is 41.7 Å². The Kier molecular flexibility index (Phi) is 9.28. The number of thioether (sulfide) groups is 1. The third kappa shape index (κ3) is 7.11. The Bertz CT molecular complexity index is 360. The molecule has 3 N–H and O–H groups in total. The summed E-state index contributed by atoms with van der Waals surface area (Å²) in [5.41, 5.74) is 6.59. The van der Waals surface area contributed by atoms with Crippen LogP contribution in [0, 0.1) is 0 Å². The Labute approximate surface area is 123 Å². The van der Waals surface area contributed by atoms with Crippen molar-refractivity contribution in [3.05, 3.63) is 34.9 Å². The molecule has 0 spiro atoms. The Balaban J connectivity index is 0.00000289. The molecule has 1 rings (SSSR count). The van der Waals surface area contributed by atoms with Crippen molar-refractivity contribution in [3.8, 4) is 0 Å². The summed E-state index contributed by atoms with van der Waals surface area (Å²) in [6, 6.07) is 7.69. The van der Waals surface area contributed by atoms with Crippen molar-refractivity contribution in [2.75, 3.05) is 12.3 Å². The summed E-state index contributed by atoms with van der Waals surface area (Å²) in [6.07, 6.45) is 0. The van der Waals surface area contributed by atoms with Gasteiger partial charge in [-0.1, -0.05) is 23.7 Å². The average molecular weight is 309 g/mol. The lowest BCUT2D eigenvalue weighted by atomic mass is 10.2. The first-order valence-corrected chi connectivity index (χ1v) is 6.96. The maximum atomic E-state index is 11.4. The molecule has 1 atom stereocenters. The molecule has 0 bridgehead atoms. The SMILES string of the molecule is C[C@@H](CN)NC(=O)CSCc1ccc(Cl)cc1.Cl. The number of nitrogens with one attached hydrogen (secondary N) is 1. The lowest BCUT2D eigenvalue weighted by molar-refractivity contribution is -0.119. The molecular formula is C12H18Cl2N2OS. The van der Waals surface area contributed by atoms with Gasteiger partial charge in [-0.2, -0.15) is 0 Å².